The van der Waals surface area contributed by atoms with E-state index in [-0.39, 0.29) is 6.61 Å². The van der Waals surface area contributed by atoms with Crippen LogP contribution in [0.5, 0.6) is 5.75 Å². The van der Waals surface area contributed by atoms with Gasteiger partial charge in [-0.1, -0.05) is 12.1 Å². The van der Waals surface area contributed by atoms with E-state index in [0.717, 1.165) is 4.90 Å². The number of urea groups is 1. The quantitative estimate of drug-likeness (QED) is 0.588. The lowest BCUT2D eigenvalue weighted by Gasteiger charge is -2.22. The van der Waals surface area contributed by atoms with E-state index in [1.807, 2.05) is 0 Å². The molecule has 8 heteroatoms. The van der Waals surface area contributed by atoms with Gasteiger partial charge in [0.05, 0.1) is 13.7 Å². The lowest BCUT2D eigenvalue weighted by molar-refractivity contribution is -0.139. The molecule has 2 N–H and O–H groups in total. The van der Waals surface area contributed by atoms with Crippen LogP contribution in [0.4, 0.5) is 4.79 Å². The van der Waals surface area contributed by atoms with Gasteiger partial charge in [-0.25, -0.2) is 10.3 Å². The van der Waals surface area contributed by atoms with Crippen molar-refractivity contribution in [2.75, 3.05) is 20.3 Å². The van der Waals surface area contributed by atoms with Crippen LogP contribution >= 0.6 is 0 Å². The first-order valence-corrected chi connectivity index (χ1v) is 7.11. The van der Waals surface area contributed by atoms with Gasteiger partial charge in [-0.2, -0.15) is 0 Å². The predicted octanol–water partition coefficient (Wildman–Crippen LogP) is 0.530. The van der Waals surface area contributed by atoms with E-state index < -0.39 is 29.9 Å². The molecule has 0 saturated carbocycles. The van der Waals surface area contributed by atoms with Crippen LogP contribution in [-0.2, 0) is 20.0 Å². The molecule has 1 saturated heterocycles. The number of benzene rings is 1. The Bertz CT molecular complexity index is 616. The van der Waals surface area contributed by atoms with Gasteiger partial charge in [0.1, 0.15) is 17.8 Å². The van der Waals surface area contributed by atoms with Gasteiger partial charge in [0.2, 0.25) is 0 Å². The van der Waals surface area contributed by atoms with Crippen LogP contribution in [0.15, 0.2) is 24.3 Å². The van der Waals surface area contributed by atoms with Crippen molar-refractivity contribution in [1.29, 1.82) is 0 Å². The van der Waals surface area contributed by atoms with E-state index in [0.29, 0.717) is 11.3 Å². The average Bonchev–Trinajstić information content (AvgIpc) is 2.77. The summed E-state index contributed by atoms with van der Waals surface area (Å²) in [6.45, 7) is 3.18. The first-order valence-electron chi connectivity index (χ1n) is 7.11. The van der Waals surface area contributed by atoms with E-state index >= 15 is 0 Å². The third-order valence-electron chi connectivity index (χ3n) is 3.57. The number of hydrogen-bond donors (Lipinski definition) is 2. The minimum absolute atomic E-state index is 0.287. The van der Waals surface area contributed by atoms with Crippen molar-refractivity contribution >= 4 is 17.8 Å². The number of nitrogens with one attached hydrogen (secondary N) is 2. The zero-order valence-corrected chi connectivity index (χ0v) is 13.2. The molecule has 1 atom stereocenters. The Hall–Kier alpha value is -2.61. The number of carbonyl (C=O) groups excluding carboxylic acids is 3. The van der Waals surface area contributed by atoms with Crippen molar-refractivity contribution in [3.8, 4) is 5.75 Å². The molecule has 1 fully saturated rings. The van der Waals surface area contributed by atoms with Gasteiger partial charge >= 0.3 is 6.03 Å². The van der Waals surface area contributed by atoms with Crippen LogP contribution in [0.3, 0.4) is 0 Å². The number of imide groups is 1. The number of methoxy groups -OCH3 is 1. The Balaban J connectivity index is 2.16. The van der Waals surface area contributed by atoms with Crippen molar-refractivity contribution in [3.63, 3.8) is 0 Å². The highest BCUT2D eigenvalue weighted by molar-refractivity contribution is 6.09. The maximum absolute atomic E-state index is 12.6. The molecule has 1 aromatic carbocycles. The average molecular weight is 321 g/mol. The van der Waals surface area contributed by atoms with Crippen LogP contribution in [0, 0.1) is 0 Å². The molecule has 2 rings (SSSR count). The summed E-state index contributed by atoms with van der Waals surface area (Å²) in [5, 5.41) is 2.62. The summed E-state index contributed by atoms with van der Waals surface area (Å²) < 4.78 is 5.07. The highest BCUT2D eigenvalue weighted by atomic mass is 16.6. The Morgan fingerprint density at radius 2 is 1.96 bits per heavy atom. The summed E-state index contributed by atoms with van der Waals surface area (Å²) in [6.07, 6.45) is 0. The summed E-state index contributed by atoms with van der Waals surface area (Å²) in [4.78, 5) is 41.9. The van der Waals surface area contributed by atoms with Crippen LogP contribution < -0.4 is 15.5 Å². The minimum Gasteiger partial charge on any atom is -0.497 e. The summed E-state index contributed by atoms with van der Waals surface area (Å²) in [6, 6.07) is 6.16. The Morgan fingerprint density at radius 3 is 2.52 bits per heavy atom. The van der Waals surface area contributed by atoms with Crippen LogP contribution in [0.2, 0.25) is 0 Å². The maximum atomic E-state index is 12.6. The van der Waals surface area contributed by atoms with Crippen LogP contribution in [0.1, 0.15) is 19.4 Å². The second-order valence-electron chi connectivity index (χ2n) is 5.13. The molecule has 1 aromatic rings. The fourth-order valence-electron chi connectivity index (χ4n) is 2.29. The van der Waals surface area contributed by atoms with Crippen LogP contribution in [-0.4, -0.2) is 43.0 Å². The first-order chi connectivity index (χ1) is 10.9. The normalized spacial score (nSPS) is 20.4. The summed E-state index contributed by atoms with van der Waals surface area (Å²) in [5.41, 5.74) is 1.53. The lowest BCUT2D eigenvalue weighted by Crippen LogP contribution is -2.43. The molecule has 1 heterocycles. The number of rotatable bonds is 6. The first kappa shape index (κ1) is 16.8. The van der Waals surface area contributed by atoms with Crippen molar-refractivity contribution in [3.05, 3.63) is 29.8 Å². The van der Waals surface area contributed by atoms with Gasteiger partial charge < -0.3 is 10.1 Å². The van der Waals surface area contributed by atoms with Gasteiger partial charge in [-0.3, -0.25) is 19.3 Å². The second kappa shape index (κ2) is 6.66. The third kappa shape index (κ3) is 3.26. The van der Waals surface area contributed by atoms with E-state index in [2.05, 4.69) is 10.8 Å². The van der Waals surface area contributed by atoms with Crippen molar-refractivity contribution in [1.82, 2.24) is 15.7 Å². The van der Waals surface area contributed by atoms with E-state index in [4.69, 9.17) is 9.57 Å². The molecular formula is C15H19N3O5. The monoisotopic (exact) mass is 321 g/mol. The fraction of sp³-hybridized carbons (Fsp3) is 0.400. The molecule has 1 aliphatic heterocycles. The zero-order chi connectivity index (χ0) is 17.0. The Labute approximate surface area is 133 Å². The van der Waals surface area contributed by atoms with E-state index in [9.17, 15) is 14.4 Å². The fourth-order valence-corrected chi connectivity index (χ4v) is 2.29. The third-order valence-corrected chi connectivity index (χ3v) is 3.57. The van der Waals surface area contributed by atoms with Gasteiger partial charge in [0.15, 0.2) is 0 Å². The number of amides is 4. The van der Waals surface area contributed by atoms with Crippen molar-refractivity contribution in [2.24, 2.45) is 0 Å². The van der Waals surface area contributed by atoms with E-state index in [1.165, 1.54) is 7.11 Å². The number of nitrogens with zero attached hydrogens (tertiary/aromatic N) is 1. The maximum Gasteiger partial charge on any atom is 0.325 e. The van der Waals surface area contributed by atoms with Crippen molar-refractivity contribution < 1.29 is 24.0 Å². The molecule has 124 valence electrons. The molecule has 0 spiro atoms. The topological polar surface area (TPSA) is 97.0 Å². The van der Waals surface area contributed by atoms with Crippen molar-refractivity contribution in [2.45, 2.75) is 19.4 Å². The minimum atomic E-state index is -1.23. The molecular weight excluding hydrogens is 302 g/mol. The zero-order valence-electron chi connectivity index (χ0n) is 13.2. The molecule has 1 unspecified atom stereocenters. The van der Waals surface area contributed by atoms with Gasteiger partial charge in [-0.15, -0.1) is 0 Å². The predicted molar refractivity (Wildman–Crippen MR) is 80.4 cm³/mol. The number of carbonyl (C=O) groups is 3. The SMILES string of the molecule is CCONC(=O)CN1C(=O)NC(C)(c2ccc(OC)cc2)C1=O. The molecule has 1 aliphatic rings. The molecule has 8 nitrogen and oxygen atoms in total. The van der Waals surface area contributed by atoms with Gasteiger partial charge in [0, 0.05) is 0 Å². The number of hydroxylamine groups is 1. The van der Waals surface area contributed by atoms with E-state index in [1.54, 1.807) is 38.1 Å². The largest absolute Gasteiger partial charge is 0.497 e. The summed E-state index contributed by atoms with van der Waals surface area (Å²) in [7, 11) is 1.54. The van der Waals surface area contributed by atoms with Crippen LogP contribution in [0.25, 0.3) is 0 Å². The van der Waals surface area contributed by atoms with Gasteiger partial charge in [-0.05, 0) is 31.5 Å². The Morgan fingerprint density at radius 1 is 1.30 bits per heavy atom. The highest BCUT2D eigenvalue weighted by Gasteiger charge is 2.49. The molecule has 23 heavy (non-hydrogen) atoms. The summed E-state index contributed by atoms with van der Waals surface area (Å²) in [5.74, 6) is -0.435. The molecule has 0 radical (unpaired) electrons. The van der Waals surface area contributed by atoms with Gasteiger partial charge in [0.25, 0.3) is 11.8 Å². The molecule has 0 aromatic heterocycles. The molecule has 4 amide bonds. The lowest BCUT2D eigenvalue weighted by atomic mass is 9.92. The standard InChI is InChI=1S/C15H19N3O5/c1-4-23-17-12(19)9-18-13(20)15(2,16-14(18)21)10-5-7-11(22-3)8-6-10/h5-8H,4,9H2,1-3H3,(H,16,21)(H,17,19). The number of ether oxygens (including phenoxy) is 1. The summed E-state index contributed by atoms with van der Waals surface area (Å²) >= 11 is 0. The molecule has 0 aliphatic carbocycles. The number of hydrogen-bond acceptors (Lipinski definition) is 5. The second-order valence-corrected chi connectivity index (χ2v) is 5.13. The Kier molecular flexibility index (Phi) is 4.85. The smallest absolute Gasteiger partial charge is 0.325 e. The molecule has 0 bridgehead atoms. The highest BCUT2D eigenvalue weighted by Crippen LogP contribution is 2.29.